The van der Waals surface area contributed by atoms with Crippen LogP contribution < -0.4 is 81.0 Å². The van der Waals surface area contributed by atoms with Crippen LogP contribution in [0, 0.1) is 0 Å². The van der Waals surface area contributed by atoms with Crippen LogP contribution in [0.25, 0.3) is 0 Å². The van der Waals surface area contributed by atoms with E-state index in [0.717, 1.165) is 33.4 Å². The van der Waals surface area contributed by atoms with E-state index in [1.807, 2.05) is 126 Å². The minimum Gasteiger partial charge on any atom is -0.508 e. The van der Waals surface area contributed by atoms with E-state index in [-0.39, 0.29) is 124 Å². The number of nitrogens with one attached hydrogen (secondary N) is 12. The second-order valence-electron chi connectivity index (χ2n) is 30.1. The minimum absolute atomic E-state index is 0.0990. The highest BCUT2D eigenvalue weighted by Crippen LogP contribution is 2.28. The van der Waals surface area contributed by atoms with E-state index in [4.69, 9.17) is 56.8 Å². The zero-order valence-electron chi connectivity index (χ0n) is 75.7. The first kappa shape index (κ1) is 121. The standard InChI is InChI=1S/C82H112N18O12.4C2HF3O2/c83-45-54-100(55-52-88-71(105)35-15-13-33-69(103)86-46-17-19-48-92-81(111)98-79(84)90-50-21-31-67(75(107)94-57-59-37-41-65(101)42-38-59)96-77(109)73(61-23-5-1-6-24-61)62-25-7-2-8-26-62)56-53-89-72(106)36-16-14-34-70(104)87-47-18-20-49-93-82(112)99-80(85)91-51-22-32-68(76(108)95-58-60-39-43-66(102)44-40-60)97-78(110)74(63-27-9-3-10-28-63)64-29-11-4-12-30-64;4*3-2(4,5)1(6)7/h1-12,23-30,37-44,67-68,73-74,101-102H,13-22,31-36,45-58,83H2,(H,86,103)(H,87,104)(H,88,105)(H,89,106)(H,94,107)(H,95,108)(H,96,109)(H,97,110)(H4,84,90,92,98,111)(H4,85,91,93,99,112);4*(H,6,7)/t67-,68-;;;;/m1..../s1. The van der Waals surface area contributed by atoms with Crippen LogP contribution in [0.1, 0.15) is 148 Å². The van der Waals surface area contributed by atoms with Crippen LogP contribution in [0.5, 0.6) is 11.5 Å². The molecule has 0 unspecified atom stereocenters. The van der Waals surface area contributed by atoms with Crippen molar-refractivity contribution < 1.29 is 150 Å². The molecule has 140 heavy (non-hydrogen) atoms. The monoisotopic (exact) mass is 2000 g/mol. The maximum atomic E-state index is 14.0. The number of hydrogen-bond donors (Lipinski definition) is 21. The van der Waals surface area contributed by atoms with Gasteiger partial charge in [0.15, 0.2) is 11.9 Å². The molecule has 0 aliphatic rings. The molecule has 38 nitrogen and oxygen atoms in total. The number of urea groups is 2. The number of phenolic OH excluding ortho intramolecular Hbond substituents is 2. The molecule has 0 fully saturated rings. The number of carboxylic acids is 4. The van der Waals surface area contributed by atoms with E-state index in [2.05, 4.69) is 73.8 Å². The molecule has 6 aromatic rings. The van der Waals surface area contributed by atoms with Gasteiger partial charge in [-0.2, -0.15) is 62.7 Å². The van der Waals surface area contributed by atoms with Crippen molar-refractivity contribution in [3.8, 4) is 11.5 Å². The summed E-state index contributed by atoms with van der Waals surface area (Å²) in [4.78, 5) is 176. The Hall–Kier alpha value is -14.9. The van der Waals surface area contributed by atoms with Crippen molar-refractivity contribution >= 4 is 95.1 Å². The van der Waals surface area contributed by atoms with Gasteiger partial charge in [0, 0.05) is 117 Å². The summed E-state index contributed by atoms with van der Waals surface area (Å²) in [7, 11) is 0. The van der Waals surface area contributed by atoms with Crippen molar-refractivity contribution in [2.45, 2.75) is 164 Å². The van der Waals surface area contributed by atoms with E-state index < -0.39 is 96.4 Å². The molecule has 0 saturated heterocycles. The van der Waals surface area contributed by atoms with Crippen molar-refractivity contribution in [3.05, 3.63) is 203 Å². The number of carbonyl (C=O) groups excluding carboxylic acids is 10. The van der Waals surface area contributed by atoms with Crippen LogP contribution >= 0.6 is 0 Å². The Kier molecular flexibility index (Phi) is 57.6. The lowest BCUT2D eigenvalue weighted by atomic mass is 9.90. The molecule has 0 radical (unpaired) electrons. The van der Waals surface area contributed by atoms with Gasteiger partial charge in [0.05, 0.1) is 11.8 Å². The summed E-state index contributed by atoms with van der Waals surface area (Å²) in [5.74, 6) is -14.5. The summed E-state index contributed by atoms with van der Waals surface area (Å²) in [6.07, 6.45) is -13.7. The molecule has 0 spiro atoms. The van der Waals surface area contributed by atoms with Crippen molar-refractivity contribution in [1.29, 1.82) is 0 Å². The van der Waals surface area contributed by atoms with E-state index >= 15 is 0 Å². The first-order valence-corrected chi connectivity index (χ1v) is 43.4. The third-order valence-electron chi connectivity index (χ3n) is 19.0. The van der Waals surface area contributed by atoms with Crippen molar-refractivity contribution in [2.75, 3.05) is 78.5 Å². The summed E-state index contributed by atoms with van der Waals surface area (Å²) in [5.41, 5.74) is 22.5. The average Bonchev–Trinajstić information content (AvgIpc) is 0.825. The highest BCUT2D eigenvalue weighted by Gasteiger charge is 2.41. The largest absolute Gasteiger partial charge is 0.508 e. The SMILES string of the molecule is NCCN(CCNC(=O)CCCCC(=O)NCCCCNC(=O)/N=C(/N)NCCC[C@@H](NC(=O)C(c1ccccc1)c1ccccc1)C(=O)NCc1ccc(O)cc1)CCNC(=O)CCCCC(=O)NCCCCNC(=O)/N=C(/N)NCCC[C@@H](NC(=O)C(c1ccccc1)c1ccccc1)C(=O)NCc1ccc(O)cc1.O=C(O)C(F)(F)F.O=C(O)C(F)(F)F.O=C(O)C(F)(F)F.O=C(O)C(F)(F)F. The third kappa shape index (κ3) is 56.6. The first-order valence-electron chi connectivity index (χ1n) is 43.4. The van der Waals surface area contributed by atoms with Gasteiger partial charge in [0.1, 0.15) is 23.6 Å². The number of rotatable bonds is 50. The lowest BCUT2D eigenvalue weighted by Gasteiger charge is -2.23. The fourth-order valence-corrected chi connectivity index (χ4v) is 12.0. The molecule has 50 heteroatoms. The lowest BCUT2D eigenvalue weighted by molar-refractivity contribution is -0.193. The molecule has 0 saturated carbocycles. The summed E-state index contributed by atoms with van der Waals surface area (Å²) in [5, 5.41) is 82.3. The summed E-state index contributed by atoms with van der Waals surface area (Å²) >= 11 is 0. The molecular weight excluding hydrogens is 1880 g/mol. The van der Waals surface area contributed by atoms with Gasteiger partial charge in [-0.3, -0.25) is 43.3 Å². The topological polar surface area (TPSA) is 611 Å². The Morgan fingerprint density at radius 3 is 0.800 bits per heavy atom. The van der Waals surface area contributed by atoms with Gasteiger partial charge in [-0.1, -0.05) is 146 Å². The number of carbonyl (C=O) groups is 14. The van der Waals surface area contributed by atoms with E-state index in [9.17, 15) is 111 Å². The Morgan fingerprint density at radius 1 is 0.307 bits per heavy atom. The van der Waals surface area contributed by atoms with Gasteiger partial charge < -0.3 is 112 Å². The molecule has 0 aliphatic heterocycles. The Morgan fingerprint density at radius 2 is 0.550 bits per heavy atom. The summed E-state index contributed by atoms with van der Waals surface area (Å²) < 4.78 is 127. The fourth-order valence-electron chi connectivity index (χ4n) is 12.0. The highest BCUT2D eigenvalue weighted by atomic mass is 19.4. The fraction of sp³-hybridized carbons (Fsp3) is 0.422. The Bertz CT molecular complexity index is 4430. The number of nitrogens with zero attached hydrogens (tertiary/aromatic N) is 3. The number of amides is 12. The molecule has 6 aromatic carbocycles. The quantitative estimate of drug-likeness (QED) is 0.00765. The molecule has 2 atom stereocenters. The van der Waals surface area contributed by atoms with E-state index in [1.165, 1.54) is 24.3 Å². The maximum Gasteiger partial charge on any atom is 0.490 e. The van der Waals surface area contributed by atoms with Crippen LogP contribution in [0.2, 0.25) is 0 Å². The third-order valence-corrected chi connectivity index (χ3v) is 19.0. The Labute approximate surface area is 796 Å². The molecular formula is C90H116F12N18O20. The number of phenols is 2. The molecule has 770 valence electrons. The van der Waals surface area contributed by atoms with Crippen LogP contribution in [-0.4, -0.2) is 246 Å². The van der Waals surface area contributed by atoms with E-state index in [1.54, 1.807) is 24.3 Å². The van der Waals surface area contributed by atoms with Gasteiger partial charge in [-0.15, -0.1) is 0 Å². The second kappa shape index (κ2) is 66.6. The second-order valence-corrected chi connectivity index (χ2v) is 30.1. The number of guanidine groups is 2. The zero-order valence-corrected chi connectivity index (χ0v) is 75.7. The minimum atomic E-state index is -5.08. The number of halogens is 12. The van der Waals surface area contributed by atoms with Gasteiger partial charge in [-0.25, -0.2) is 28.8 Å². The van der Waals surface area contributed by atoms with E-state index in [0.29, 0.717) is 130 Å². The molecule has 0 bridgehead atoms. The predicted molar refractivity (Wildman–Crippen MR) is 485 cm³/mol. The van der Waals surface area contributed by atoms with Gasteiger partial charge >= 0.3 is 60.6 Å². The smallest absolute Gasteiger partial charge is 0.490 e. The maximum absolute atomic E-state index is 14.0. The van der Waals surface area contributed by atoms with Crippen molar-refractivity contribution in [3.63, 3.8) is 0 Å². The first-order chi connectivity index (χ1) is 66.1. The number of hydrogen-bond acceptors (Lipinski definition) is 18. The average molecular weight is 2000 g/mol. The van der Waals surface area contributed by atoms with Crippen molar-refractivity contribution in [2.24, 2.45) is 27.2 Å². The lowest BCUT2D eigenvalue weighted by Crippen LogP contribution is -2.48. The molecule has 12 amide bonds. The molecule has 24 N–H and O–H groups in total. The van der Waals surface area contributed by atoms with Gasteiger partial charge in [-0.05, 0) is 135 Å². The van der Waals surface area contributed by atoms with Gasteiger partial charge in [0.25, 0.3) is 0 Å². The van der Waals surface area contributed by atoms with Crippen LogP contribution in [0.15, 0.2) is 180 Å². The number of nitrogens with two attached hydrogens (primary N) is 3. The summed E-state index contributed by atoms with van der Waals surface area (Å²) in [6.45, 7) is 5.01. The zero-order chi connectivity index (χ0) is 105. The van der Waals surface area contributed by atoms with Crippen LogP contribution in [0.4, 0.5) is 62.3 Å². The molecule has 6 rings (SSSR count). The number of carboxylic acid groups (broad SMARTS) is 4. The number of alkyl halides is 12. The summed E-state index contributed by atoms with van der Waals surface area (Å²) in [6, 6.07) is 47.0. The van der Waals surface area contributed by atoms with Crippen LogP contribution in [-0.2, 0) is 70.6 Å². The normalized spacial score (nSPS) is 11.7. The number of aromatic hydroxyl groups is 2. The van der Waals surface area contributed by atoms with Gasteiger partial charge in [0.2, 0.25) is 47.3 Å². The number of aliphatic carboxylic acids is 4. The number of unbranched alkanes of at least 4 members (excludes halogenated alkanes) is 4. The predicted octanol–water partition coefficient (Wildman–Crippen LogP) is 7.39. The van der Waals surface area contributed by atoms with Crippen LogP contribution in [0.3, 0.4) is 0 Å². The highest BCUT2D eigenvalue weighted by molar-refractivity contribution is 5.95. The number of benzene rings is 6. The molecule has 0 aromatic heterocycles. The molecule has 0 heterocycles. The molecule has 0 aliphatic carbocycles. The number of aliphatic imine (C=N–C) groups is 2. The van der Waals surface area contributed by atoms with Crippen molar-refractivity contribution in [1.82, 2.24) is 68.7 Å². The Balaban J connectivity index is 0.00000205.